The molecule has 194 valence electrons. The number of anilines is 1. The van der Waals surface area contributed by atoms with Crippen LogP contribution in [0.3, 0.4) is 0 Å². The van der Waals surface area contributed by atoms with Crippen LogP contribution in [0.2, 0.25) is 5.02 Å². The highest BCUT2D eigenvalue weighted by Crippen LogP contribution is 2.47. The Hall–Kier alpha value is -3.41. The molecule has 0 unspecified atom stereocenters. The van der Waals surface area contributed by atoms with Crippen molar-refractivity contribution in [1.82, 2.24) is 20.1 Å². The highest BCUT2D eigenvalue weighted by atomic mass is 35.5. The average molecular weight is 558 g/mol. The monoisotopic (exact) mass is 557 g/mol. The third-order valence-corrected chi connectivity index (χ3v) is 8.38. The minimum absolute atomic E-state index is 0.0834. The maximum absolute atomic E-state index is 14.1. The molecule has 0 atom stereocenters. The van der Waals surface area contributed by atoms with E-state index in [0.29, 0.717) is 38.9 Å². The quantitative estimate of drug-likeness (QED) is 0.279. The van der Waals surface area contributed by atoms with Crippen molar-refractivity contribution in [3.8, 4) is 11.4 Å². The fourth-order valence-corrected chi connectivity index (χ4v) is 6.42. The van der Waals surface area contributed by atoms with Crippen molar-refractivity contribution in [2.75, 3.05) is 12.1 Å². The van der Waals surface area contributed by atoms with E-state index in [2.05, 4.69) is 16.6 Å². The molecule has 1 aliphatic heterocycles. The van der Waals surface area contributed by atoms with Gasteiger partial charge in [-0.3, -0.25) is 9.36 Å². The van der Waals surface area contributed by atoms with Crippen LogP contribution < -0.4 is 16.0 Å². The normalized spacial score (nSPS) is 15.7. The summed E-state index contributed by atoms with van der Waals surface area (Å²) in [5, 5.41) is 6.78. The number of fused-ring (bicyclic) bond motifs is 4. The van der Waals surface area contributed by atoms with E-state index in [-0.39, 0.29) is 17.9 Å². The molecule has 0 saturated heterocycles. The van der Waals surface area contributed by atoms with Gasteiger partial charge in [0.2, 0.25) is 0 Å². The first-order chi connectivity index (χ1) is 18.2. The van der Waals surface area contributed by atoms with Crippen LogP contribution in [-0.2, 0) is 19.3 Å². The SMILES string of the molecule is CN1NCc2cc(-c3nc4sc5cc(Cl)ccc5c4c(=O)n3Cc3cc(C(F)(F)F)no3)c(C3CC3)cc21. The van der Waals surface area contributed by atoms with Gasteiger partial charge in [0.25, 0.3) is 5.56 Å². The van der Waals surface area contributed by atoms with Crippen molar-refractivity contribution >= 4 is 48.9 Å². The molecule has 2 aliphatic rings. The van der Waals surface area contributed by atoms with Crippen molar-refractivity contribution in [3.63, 3.8) is 0 Å². The third kappa shape index (κ3) is 3.79. The third-order valence-electron chi connectivity index (χ3n) is 7.10. The van der Waals surface area contributed by atoms with Gasteiger partial charge < -0.3 is 9.53 Å². The number of thiophene rings is 1. The minimum atomic E-state index is -4.65. The fraction of sp³-hybridized carbons (Fsp3) is 0.269. The smallest absolute Gasteiger partial charge is 0.359 e. The van der Waals surface area contributed by atoms with Gasteiger partial charge in [0.1, 0.15) is 10.7 Å². The van der Waals surface area contributed by atoms with Gasteiger partial charge in [-0.05, 0) is 54.2 Å². The molecule has 0 radical (unpaired) electrons. The Morgan fingerprint density at radius 1 is 1.21 bits per heavy atom. The Bertz CT molecular complexity index is 1820. The minimum Gasteiger partial charge on any atom is -0.359 e. The zero-order valence-corrected chi connectivity index (χ0v) is 21.5. The molecule has 5 aromatic rings. The van der Waals surface area contributed by atoms with E-state index in [9.17, 15) is 18.0 Å². The molecule has 2 aromatic carbocycles. The van der Waals surface area contributed by atoms with E-state index in [1.54, 1.807) is 18.2 Å². The summed E-state index contributed by atoms with van der Waals surface area (Å²) in [4.78, 5) is 19.6. The summed E-state index contributed by atoms with van der Waals surface area (Å²) in [5.41, 5.74) is 5.77. The Morgan fingerprint density at radius 3 is 2.76 bits per heavy atom. The number of hydrogen-bond donors (Lipinski definition) is 1. The summed E-state index contributed by atoms with van der Waals surface area (Å²) in [5.74, 6) is 0.637. The van der Waals surface area contributed by atoms with Crippen LogP contribution in [0, 0.1) is 0 Å². The number of nitrogens with one attached hydrogen (secondary N) is 1. The Kier molecular flexibility index (Phi) is 5.17. The molecule has 1 N–H and O–H groups in total. The van der Waals surface area contributed by atoms with Gasteiger partial charge in [0, 0.05) is 40.3 Å². The van der Waals surface area contributed by atoms with Crippen molar-refractivity contribution in [2.24, 2.45) is 0 Å². The number of alkyl halides is 3. The Morgan fingerprint density at radius 2 is 2.03 bits per heavy atom. The number of aromatic nitrogens is 3. The Balaban J connectivity index is 1.50. The first-order valence-electron chi connectivity index (χ1n) is 12.0. The topological polar surface area (TPSA) is 76.2 Å². The van der Waals surface area contributed by atoms with Crippen LogP contribution in [0.5, 0.6) is 0 Å². The number of hydrogen-bond acceptors (Lipinski definition) is 7. The molecular weight excluding hydrogens is 539 g/mol. The highest BCUT2D eigenvalue weighted by molar-refractivity contribution is 7.25. The lowest BCUT2D eigenvalue weighted by molar-refractivity contribution is -0.142. The molecular formula is C26H19ClF3N5O2S. The van der Waals surface area contributed by atoms with E-state index in [1.807, 2.05) is 18.1 Å². The average Bonchev–Trinajstić information content (AvgIpc) is 3.31. The lowest BCUT2D eigenvalue weighted by Crippen LogP contribution is -2.26. The summed E-state index contributed by atoms with van der Waals surface area (Å²) < 4.78 is 46.9. The lowest BCUT2D eigenvalue weighted by atomic mass is 9.97. The van der Waals surface area contributed by atoms with Gasteiger partial charge in [-0.25, -0.2) is 10.4 Å². The second-order valence-electron chi connectivity index (χ2n) is 9.66. The maximum atomic E-state index is 14.1. The van der Waals surface area contributed by atoms with Crippen molar-refractivity contribution in [2.45, 2.75) is 38.0 Å². The fourth-order valence-electron chi connectivity index (χ4n) is 5.08. The van der Waals surface area contributed by atoms with E-state index in [1.165, 1.54) is 15.9 Å². The van der Waals surface area contributed by atoms with Crippen LogP contribution in [0.25, 0.3) is 31.7 Å². The molecule has 4 heterocycles. The van der Waals surface area contributed by atoms with Crippen molar-refractivity contribution in [1.29, 1.82) is 0 Å². The predicted molar refractivity (Wildman–Crippen MR) is 140 cm³/mol. The van der Waals surface area contributed by atoms with E-state index < -0.39 is 11.9 Å². The first-order valence-corrected chi connectivity index (χ1v) is 13.2. The molecule has 0 bridgehead atoms. The van der Waals surface area contributed by atoms with E-state index in [4.69, 9.17) is 21.1 Å². The molecule has 1 aliphatic carbocycles. The van der Waals surface area contributed by atoms with Crippen LogP contribution in [0.1, 0.15) is 41.3 Å². The largest absolute Gasteiger partial charge is 0.436 e. The number of hydrazine groups is 1. The number of nitrogens with zero attached hydrogens (tertiary/aromatic N) is 4. The van der Waals surface area contributed by atoms with E-state index >= 15 is 0 Å². The van der Waals surface area contributed by atoms with Crippen LogP contribution in [0.15, 0.2) is 45.7 Å². The standard InChI is InChI=1S/C26H19ClF3N5O2S/c1-34-19-9-17(12-2-3-12)18(6-13(19)10-31-34)23-32-24-22(16-5-4-14(27)7-20(16)38-24)25(36)35(23)11-15-8-21(33-37-15)26(28,29)30/h4-9,12,31H,2-3,10-11H2,1H3. The summed E-state index contributed by atoms with van der Waals surface area (Å²) in [6.07, 6.45) is -2.61. The zero-order valence-electron chi connectivity index (χ0n) is 19.9. The van der Waals surface area contributed by atoms with Gasteiger partial charge in [-0.2, -0.15) is 13.2 Å². The molecule has 12 heteroatoms. The lowest BCUT2D eigenvalue weighted by Gasteiger charge is -2.18. The van der Waals surface area contributed by atoms with Gasteiger partial charge in [-0.15, -0.1) is 11.3 Å². The summed E-state index contributed by atoms with van der Waals surface area (Å²) >= 11 is 7.56. The molecule has 0 amide bonds. The predicted octanol–water partition coefficient (Wildman–Crippen LogP) is 6.32. The number of halogens is 4. The molecule has 7 nitrogen and oxygen atoms in total. The van der Waals surface area contributed by atoms with Crippen LogP contribution in [-0.4, -0.2) is 21.8 Å². The molecule has 1 fully saturated rings. The maximum Gasteiger partial charge on any atom is 0.436 e. The molecule has 1 saturated carbocycles. The van der Waals surface area contributed by atoms with Crippen molar-refractivity contribution < 1.29 is 17.7 Å². The van der Waals surface area contributed by atoms with Gasteiger partial charge in [-0.1, -0.05) is 22.8 Å². The second kappa shape index (κ2) is 8.29. The van der Waals surface area contributed by atoms with Gasteiger partial charge in [0.05, 0.1) is 17.6 Å². The highest BCUT2D eigenvalue weighted by Gasteiger charge is 2.36. The van der Waals surface area contributed by atoms with Crippen LogP contribution in [0.4, 0.5) is 18.9 Å². The molecule has 7 rings (SSSR count). The summed E-state index contributed by atoms with van der Waals surface area (Å²) in [7, 11) is 1.95. The molecule has 3 aromatic heterocycles. The molecule has 38 heavy (non-hydrogen) atoms. The second-order valence-corrected chi connectivity index (χ2v) is 11.1. The number of benzene rings is 2. The van der Waals surface area contributed by atoms with E-state index in [0.717, 1.165) is 46.0 Å². The van der Waals surface area contributed by atoms with Crippen molar-refractivity contribution in [3.05, 3.63) is 74.4 Å². The van der Waals surface area contributed by atoms with Gasteiger partial charge in [0.15, 0.2) is 11.5 Å². The number of rotatable bonds is 4. The Labute approximate surface area is 222 Å². The van der Waals surface area contributed by atoms with Gasteiger partial charge >= 0.3 is 6.18 Å². The summed E-state index contributed by atoms with van der Waals surface area (Å²) in [6, 6.07) is 10.3. The first kappa shape index (κ1) is 23.7. The summed E-state index contributed by atoms with van der Waals surface area (Å²) in [6.45, 7) is 0.374. The van der Waals surface area contributed by atoms with Crippen LogP contribution >= 0.6 is 22.9 Å². The molecule has 0 spiro atoms. The zero-order chi connectivity index (χ0) is 26.3.